The van der Waals surface area contributed by atoms with E-state index in [0.29, 0.717) is 5.38 Å². The zero-order chi connectivity index (χ0) is 6.69. The minimum atomic E-state index is -0.0752. The molecule has 0 aliphatic heterocycles. The molecule has 0 amide bonds. The van der Waals surface area contributed by atoms with E-state index in [1.165, 1.54) is 0 Å². The molecule has 54 valence electrons. The summed E-state index contributed by atoms with van der Waals surface area (Å²) in [4.78, 5) is 0. The van der Waals surface area contributed by atoms with E-state index < -0.39 is 0 Å². The average Bonchev–Trinajstić information content (AvgIpc) is 1.97. The van der Waals surface area contributed by atoms with Crippen LogP contribution in [0, 0.1) is 0 Å². The monoisotopic (exact) mass is 148 g/mol. The van der Waals surface area contributed by atoms with Crippen molar-refractivity contribution in [3.63, 3.8) is 0 Å². The standard InChI is InChI=1S/C7H13ClO/c8-6-2-1-3-7(9)5-4-6/h6-7,9H,1-5H2. The molecule has 1 rings (SSSR count). The first-order chi connectivity index (χ1) is 4.29. The number of rotatable bonds is 0. The van der Waals surface area contributed by atoms with Crippen molar-refractivity contribution >= 4 is 11.6 Å². The van der Waals surface area contributed by atoms with Crippen LogP contribution in [0.25, 0.3) is 0 Å². The SMILES string of the molecule is OC1CCCC(Cl)CC1. The largest absolute Gasteiger partial charge is 0.393 e. The van der Waals surface area contributed by atoms with Crippen molar-refractivity contribution in [1.29, 1.82) is 0 Å². The van der Waals surface area contributed by atoms with Gasteiger partial charge < -0.3 is 5.11 Å². The number of alkyl halides is 1. The summed E-state index contributed by atoms with van der Waals surface area (Å²) in [5, 5.41) is 9.47. The number of aliphatic hydroxyl groups is 1. The van der Waals surface area contributed by atoms with Crippen LogP contribution in [0.4, 0.5) is 0 Å². The molecule has 0 saturated heterocycles. The lowest BCUT2D eigenvalue weighted by atomic mass is 10.2. The first-order valence-corrected chi connectivity index (χ1v) is 4.05. The molecule has 2 unspecified atom stereocenters. The van der Waals surface area contributed by atoms with Crippen LogP contribution >= 0.6 is 11.6 Å². The van der Waals surface area contributed by atoms with Crippen molar-refractivity contribution in [2.45, 2.75) is 43.6 Å². The second-order valence-electron chi connectivity index (χ2n) is 2.76. The van der Waals surface area contributed by atoms with Gasteiger partial charge in [-0.25, -0.2) is 0 Å². The fourth-order valence-electron chi connectivity index (χ4n) is 1.24. The van der Waals surface area contributed by atoms with Gasteiger partial charge in [-0.05, 0) is 32.1 Å². The van der Waals surface area contributed by atoms with Crippen molar-refractivity contribution in [1.82, 2.24) is 0 Å². The second kappa shape index (κ2) is 3.43. The van der Waals surface area contributed by atoms with Crippen LogP contribution in [-0.2, 0) is 0 Å². The first kappa shape index (κ1) is 7.36. The molecule has 1 aliphatic carbocycles. The smallest absolute Gasteiger partial charge is 0.0540 e. The van der Waals surface area contributed by atoms with E-state index in [1.807, 2.05) is 0 Å². The fourth-order valence-corrected chi connectivity index (χ4v) is 1.52. The molecule has 0 heterocycles. The molecule has 0 spiro atoms. The summed E-state index contributed by atoms with van der Waals surface area (Å²) in [5.41, 5.74) is 0. The zero-order valence-corrected chi connectivity index (χ0v) is 6.27. The number of halogens is 1. The Hall–Kier alpha value is 0.250. The lowest BCUT2D eigenvalue weighted by molar-refractivity contribution is 0.157. The summed E-state index contributed by atoms with van der Waals surface area (Å²) >= 11 is 5.88. The quantitative estimate of drug-likeness (QED) is 0.411. The van der Waals surface area contributed by atoms with E-state index in [1.54, 1.807) is 0 Å². The van der Waals surface area contributed by atoms with Gasteiger partial charge in [0.25, 0.3) is 0 Å². The van der Waals surface area contributed by atoms with Crippen molar-refractivity contribution in [3.8, 4) is 0 Å². The average molecular weight is 149 g/mol. The Balaban J connectivity index is 2.25. The minimum absolute atomic E-state index is 0.0752. The van der Waals surface area contributed by atoms with Gasteiger partial charge in [0.1, 0.15) is 0 Å². The molecule has 2 atom stereocenters. The van der Waals surface area contributed by atoms with Gasteiger partial charge in [0.2, 0.25) is 0 Å². The van der Waals surface area contributed by atoms with Gasteiger partial charge >= 0.3 is 0 Å². The minimum Gasteiger partial charge on any atom is -0.393 e. The highest BCUT2D eigenvalue weighted by molar-refractivity contribution is 6.20. The maximum Gasteiger partial charge on any atom is 0.0540 e. The summed E-state index contributed by atoms with van der Waals surface area (Å²) in [5.74, 6) is 0. The summed E-state index contributed by atoms with van der Waals surface area (Å²) in [6, 6.07) is 0. The van der Waals surface area contributed by atoms with Crippen LogP contribution in [-0.4, -0.2) is 16.6 Å². The fraction of sp³-hybridized carbons (Fsp3) is 1.00. The highest BCUT2D eigenvalue weighted by Crippen LogP contribution is 2.21. The maximum atomic E-state index is 9.15. The molecule has 1 fully saturated rings. The van der Waals surface area contributed by atoms with Crippen molar-refractivity contribution in [2.75, 3.05) is 0 Å². The van der Waals surface area contributed by atoms with Crippen LogP contribution in [0.15, 0.2) is 0 Å². The second-order valence-corrected chi connectivity index (χ2v) is 3.38. The molecule has 0 aromatic rings. The van der Waals surface area contributed by atoms with E-state index in [4.69, 9.17) is 16.7 Å². The molecule has 2 heteroatoms. The van der Waals surface area contributed by atoms with Crippen LogP contribution in [0.2, 0.25) is 0 Å². The zero-order valence-electron chi connectivity index (χ0n) is 5.52. The topological polar surface area (TPSA) is 20.2 Å². The van der Waals surface area contributed by atoms with Crippen LogP contribution < -0.4 is 0 Å². The predicted octanol–water partition coefficient (Wildman–Crippen LogP) is 1.92. The third-order valence-corrected chi connectivity index (χ3v) is 2.30. The summed E-state index contributed by atoms with van der Waals surface area (Å²) in [7, 11) is 0. The highest BCUT2D eigenvalue weighted by Gasteiger charge is 2.14. The summed E-state index contributed by atoms with van der Waals surface area (Å²) in [6.07, 6.45) is 4.93. The van der Waals surface area contributed by atoms with Gasteiger partial charge in [-0.15, -0.1) is 11.6 Å². The Kier molecular flexibility index (Phi) is 2.80. The Morgan fingerprint density at radius 1 is 1.11 bits per heavy atom. The van der Waals surface area contributed by atoms with Gasteiger partial charge in [-0.3, -0.25) is 0 Å². The molecular formula is C7H13ClO. The predicted molar refractivity (Wildman–Crippen MR) is 38.7 cm³/mol. The molecular weight excluding hydrogens is 136 g/mol. The molecule has 0 aromatic carbocycles. The van der Waals surface area contributed by atoms with Gasteiger partial charge in [0, 0.05) is 5.38 Å². The Bertz CT molecular complexity index is 75.0. The van der Waals surface area contributed by atoms with Crippen molar-refractivity contribution in [3.05, 3.63) is 0 Å². The highest BCUT2D eigenvalue weighted by atomic mass is 35.5. The molecule has 1 saturated carbocycles. The molecule has 1 aliphatic rings. The molecule has 0 aromatic heterocycles. The van der Waals surface area contributed by atoms with Crippen LogP contribution in [0.1, 0.15) is 32.1 Å². The summed E-state index contributed by atoms with van der Waals surface area (Å²) in [6.45, 7) is 0. The Labute approximate surface area is 61.0 Å². The molecule has 0 radical (unpaired) electrons. The van der Waals surface area contributed by atoms with Crippen LogP contribution in [0.5, 0.6) is 0 Å². The number of aliphatic hydroxyl groups excluding tert-OH is 1. The molecule has 9 heavy (non-hydrogen) atoms. The van der Waals surface area contributed by atoms with Gasteiger partial charge in [0.05, 0.1) is 6.10 Å². The first-order valence-electron chi connectivity index (χ1n) is 3.61. The number of hydrogen-bond acceptors (Lipinski definition) is 1. The normalized spacial score (nSPS) is 38.0. The lowest BCUT2D eigenvalue weighted by Crippen LogP contribution is -2.03. The molecule has 1 nitrogen and oxygen atoms in total. The Morgan fingerprint density at radius 3 is 2.67 bits per heavy atom. The van der Waals surface area contributed by atoms with Crippen molar-refractivity contribution in [2.24, 2.45) is 0 Å². The third-order valence-electron chi connectivity index (χ3n) is 1.87. The van der Waals surface area contributed by atoms with Gasteiger partial charge in [-0.1, -0.05) is 0 Å². The lowest BCUT2D eigenvalue weighted by Gasteiger charge is -2.03. The van der Waals surface area contributed by atoms with Crippen LogP contribution in [0.3, 0.4) is 0 Å². The maximum absolute atomic E-state index is 9.15. The molecule has 0 bridgehead atoms. The third kappa shape index (κ3) is 2.55. The molecule has 1 N–H and O–H groups in total. The van der Waals surface area contributed by atoms with Gasteiger partial charge in [0.15, 0.2) is 0 Å². The van der Waals surface area contributed by atoms with E-state index >= 15 is 0 Å². The summed E-state index contributed by atoms with van der Waals surface area (Å²) < 4.78 is 0. The Morgan fingerprint density at radius 2 is 1.89 bits per heavy atom. The van der Waals surface area contributed by atoms with E-state index in [9.17, 15) is 0 Å². The van der Waals surface area contributed by atoms with E-state index in [-0.39, 0.29) is 6.10 Å². The van der Waals surface area contributed by atoms with E-state index in [2.05, 4.69) is 0 Å². The van der Waals surface area contributed by atoms with Crippen molar-refractivity contribution < 1.29 is 5.11 Å². The number of hydrogen-bond donors (Lipinski definition) is 1. The van der Waals surface area contributed by atoms with E-state index in [0.717, 1.165) is 32.1 Å². The van der Waals surface area contributed by atoms with Gasteiger partial charge in [-0.2, -0.15) is 0 Å².